The van der Waals surface area contributed by atoms with Crippen molar-refractivity contribution in [1.82, 2.24) is 14.3 Å². The molecule has 0 amide bonds. The molecule has 1 saturated heterocycles. The highest BCUT2D eigenvalue weighted by atomic mass is 35.5. The van der Waals surface area contributed by atoms with Crippen molar-refractivity contribution in [2.75, 3.05) is 13.1 Å². The molecule has 0 radical (unpaired) electrons. The Labute approximate surface area is 145 Å². The van der Waals surface area contributed by atoms with E-state index in [0.29, 0.717) is 5.52 Å². The molecule has 1 atom stereocenters. The summed E-state index contributed by atoms with van der Waals surface area (Å²) in [4.78, 5) is 4.53. The predicted octanol–water partition coefficient (Wildman–Crippen LogP) is 3.00. The lowest BCUT2D eigenvalue weighted by Gasteiger charge is -2.09. The lowest BCUT2D eigenvalue weighted by atomic mass is 10.0. The number of aromatic nitrogens is 2. The Morgan fingerprint density at radius 2 is 2.04 bits per heavy atom. The third-order valence-electron chi connectivity index (χ3n) is 4.43. The first-order chi connectivity index (χ1) is 11.6. The zero-order chi connectivity index (χ0) is 16.7. The minimum atomic E-state index is -3.78. The molecule has 124 valence electrons. The van der Waals surface area contributed by atoms with Gasteiger partial charge in [-0.25, -0.2) is 12.4 Å². The number of rotatable bonds is 3. The van der Waals surface area contributed by atoms with Crippen molar-refractivity contribution in [1.29, 1.82) is 0 Å². The number of hydrogen-bond acceptors (Lipinski definition) is 4. The molecule has 3 aromatic rings. The van der Waals surface area contributed by atoms with Gasteiger partial charge in [-0.15, -0.1) is 0 Å². The molecule has 7 heteroatoms. The van der Waals surface area contributed by atoms with Crippen LogP contribution in [0.4, 0.5) is 0 Å². The summed E-state index contributed by atoms with van der Waals surface area (Å²) in [5, 5.41) is 3.53. The molecular weight excluding hydrogens is 346 g/mol. The van der Waals surface area contributed by atoms with Crippen LogP contribution in [0.15, 0.2) is 53.7 Å². The van der Waals surface area contributed by atoms with E-state index >= 15 is 0 Å². The summed E-state index contributed by atoms with van der Waals surface area (Å²) in [6.07, 6.45) is 4.37. The number of hydrogen-bond donors (Lipinski definition) is 1. The largest absolute Gasteiger partial charge is 0.316 e. The van der Waals surface area contributed by atoms with Gasteiger partial charge in [0.15, 0.2) is 0 Å². The fraction of sp³-hybridized carbons (Fsp3) is 0.235. The van der Waals surface area contributed by atoms with Crippen molar-refractivity contribution in [2.24, 2.45) is 0 Å². The van der Waals surface area contributed by atoms with Crippen molar-refractivity contribution in [2.45, 2.75) is 17.2 Å². The van der Waals surface area contributed by atoms with Gasteiger partial charge in [-0.2, -0.15) is 0 Å². The maximum atomic E-state index is 13.1. The number of benzene rings is 1. The minimum absolute atomic E-state index is 0.100. The Kier molecular flexibility index (Phi) is 3.83. The molecule has 2 aromatic heterocycles. The highest BCUT2D eigenvalue weighted by molar-refractivity contribution is 7.90. The molecule has 0 saturated carbocycles. The van der Waals surface area contributed by atoms with Crippen LogP contribution in [0, 0.1) is 0 Å². The molecular formula is C17H16ClN3O2S. The Bertz CT molecular complexity index is 1010. The summed E-state index contributed by atoms with van der Waals surface area (Å²) in [6.45, 7) is 1.77. The number of halogens is 1. The van der Waals surface area contributed by atoms with Gasteiger partial charge in [0.25, 0.3) is 10.0 Å². The average molecular weight is 362 g/mol. The average Bonchev–Trinajstić information content (AvgIpc) is 3.22. The van der Waals surface area contributed by atoms with Crippen molar-refractivity contribution in [3.63, 3.8) is 0 Å². The maximum absolute atomic E-state index is 13.1. The highest BCUT2D eigenvalue weighted by Crippen LogP contribution is 2.33. The van der Waals surface area contributed by atoms with E-state index in [1.165, 1.54) is 10.0 Å². The molecule has 3 heterocycles. The molecule has 1 aliphatic rings. The Morgan fingerprint density at radius 3 is 2.79 bits per heavy atom. The molecule has 0 bridgehead atoms. The minimum Gasteiger partial charge on any atom is -0.316 e. The first-order valence-corrected chi connectivity index (χ1v) is 9.57. The van der Waals surface area contributed by atoms with Crippen molar-refractivity contribution in [3.05, 3.63) is 59.4 Å². The summed E-state index contributed by atoms with van der Waals surface area (Å²) in [7, 11) is -3.78. The fourth-order valence-electron chi connectivity index (χ4n) is 3.23. The molecule has 1 fully saturated rings. The Morgan fingerprint density at radius 1 is 1.21 bits per heavy atom. The van der Waals surface area contributed by atoms with Crippen molar-refractivity contribution in [3.8, 4) is 0 Å². The molecule has 24 heavy (non-hydrogen) atoms. The van der Waals surface area contributed by atoms with Crippen LogP contribution < -0.4 is 5.32 Å². The van der Waals surface area contributed by atoms with Gasteiger partial charge in [-0.05, 0) is 37.2 Å². The third-order valence-corrected chi connectivity index (χ3v) is 6.60. The van der Waals surface area contributed by atoms with Crippen LogP contribution in [-0.4, -0.2) is 30.5 Å². The van der Waals surface area contributed by atoms with Gasteiger partial charge in [0.05, 0.1) is 16.1 Å². The van der Waals surface area contributed by atoms with Crippen LogP contribution in [-0.2, 0) is 10.0 Å². The second-order valence-corrected chi connectivity index (χ2v) is 8.07. The molecule has 0 spiro atoms. The Balaban J connectivity index is 1.96. The van der Waals surface area contributed by atoms with E-state index in [0.717, 1.165) is 30.6 Å². The smallest absolute Gasteiger partial charge is 0.269 e. The van der Waals surface area contributed by atoms with Gasteiger partial charge in [0.1, 0.15) is 4.90 Å². The lowest BCUT2D eigenvalue weighted by Crippen LogP contribution is -2.12. The monoisotopic (exact) mass is 361 g/mol. The maximum Gasteiger partial charge on any atom is 0.269 e. The second kappa shape index (κ2) is 5.88. The fourth-order valence-corrected chi connectivity index (χ4v) is 5.10. The Hall–Kier alpha value is -1.89. The van der Waals surface area contributed by atoms with Crippen molar-refractivity contribution >= 4 is 32.7 Å². The topological polar surface area (TPSA) is 64.0 Å². The van der Waals surface area contributed by atoms with Crippen LogP contribution in [0.1, 0.15) is 17.9 Å². The van der Waals surface area contributed by atoms with E-state index in [2.05, 4.69) is 10.3 Å². The van der Waals surface area contributed by atoms with Gasteiger partial charge >= 0.3 is 0 Å². The van der Waals surface area contributed by atoms with Crippen molar-refractivity contribution < 1.29 is 8.42 Å². The van der Waals surface area contributed by atoms with Crippen LogP contribution in [0.25, 0.3) is 11.0 Å². The van der Waals surface area contributed by atoms with Crippen LogP contribution >= 0.6 is 11.6 Å². The van der Waals surface area contributed by atoms with Gasteiger partial charge in [0, 0.05) is 30.4 Å². The van der Waals surface area contributed by atoms with E-state index in [1.54, 1.807) is 42.7 Å². The van der Waals surface area contributed by atoms with E-state index in [4.69, 9.17) is 11.6 Å². The van der Waals surface area contributed by atoms with E-state index in [-0.39, 0.29) is 15.8 Å². The number of fused-ring (bicyclic) bond motifs is 1. The van der Waals surface area contributed by atoms with Crippen LogP contribution in [0.3, 0.4) is 0 Å². The standard InChI is InChI=1S/C17H16ClN3O2S/c18-14-4-1-2-6-16(14)24(22,23)21-11-13(12-7-9-19-10-12)17-15(21)5-3-8-20-17/h1-6,8,11-12,19H,7,9-10H2. The van der Waals surface area contributed by atoms with Crippen LogP contribution in [0.5, 0.6) is 0 Å². The van der Waals surface area contributed by atoms with E-state index in [9.17, 15) is 8.42 Å². The molecule has 1 N–H and O–H groups in total. The van der Waals surface area contributed by atoms with Crippen LogP contribution in [0.2, 0.25) is 5.02 Å². The second-order valence-electron chi connectivity index (χ2n) is 5.88. The zero-order valence-corrected chi connectivity index (χ0v) is 14.4. The molecule has 1 aliphatic heterocycles. The number of nitrogens with one attached hydrogen (secondary N) is 1. The number of nitrogens with zero attached hydrogens (tertiary/aromatic N) is 2. The predicted molar refractivity (Wildman–Crippen MR) is 94.0 cm³/mol. The quantitative estimate of drug-likeness (QED) is 0.778. The summed E-state index contributed by atoms with van der Waals surface area (Å²) >= 11 is 6.13. The van der Waals surface area contributed by atoms with Gasteiger partial charge in [0.2, 0.25) is 0 Å². The zero-order valence-electron chi connectivity index (χ0n) is 12.8. The lowest BCUT2D eigenvalue weighted by molar-refractivity contribution is 0.589. The highest BCUT2D eigenvalue weighted by Gasteiger charge is 2.27. The van der Waals surface area contributed by atoms with E-state index in [1.807, 2.05) is 0 Å². The van der Waals surface area contributed by atoms with Gasteiger partial charge in [-0.3, -0.25) is 4.98 Å². The molecule has 5 nitrogen and oxygen atoms in total. The molecule has 0 aliphatic carbocycles. The molecule has 1 unspecified atom stereocenters. The summed E-state index contributed by atoms with van der Waals surface area (Å²) in [5.74, 6) is 0.269. The first-order valence-electron chi connectivity index (χ1n) is 7.76. The molecule has 1 aromatic carbocycles. The SMILES string of the molecule is O=S(=O)(c1ccccc1Cl)n1cc(C2CCNC2)c2ncccc21. The normalized spacial score (nSPS) is 18.3. The number of pyridine rings is 1. The third kappa shape index (κ3) is 2.42. The van der Waals surface area contributed by atoms with Gasteiger partial charge < -0.3 is 5.32 Å². The summed E-state index contributed by atoms with van der Waals surface area (Å²) in [6, 6.07) is 10.0. The van der Waals surface area contributed by atoms with E-state index < -0.39 is 10.0 Å². The molecule has 4 rings (SSSR count). The summed E-state index contributed by atoms with van der Waals surface area (Å²) in [5.41, 5.74) is 2.28. The van der Waals surface area contributed by atoms with Gasteiger partial charge in [-0.1, -0.05) is 23.7 Å². The summed E-state index contributed by atoms with van der Waals surface area (Å²) < 4.78 is 27.6. The first kappa shape index (κ1) is 15.6.